The zero-order chi connectivity index (χ0) is 16.4. The van der Waals surface area contributed by atoms with E-state index in [1.165, 1.54) is 6.07 Å². The van der Waals surface area contributed by atoms with E-state index in [2.05, 4.69) is 36.4 Å². The molecular formula is C15H10BrF3N4. The maximum Gasteiger partial charge on any atom is 0.417 e. The fourth-order valence-electron chi connectivity index (χ4n) is 2.02. The summed E-state index contributed by atoms with van der Waals surface area (Å²) in [5, 5.41) is 4.98. The van der Waals surface area contributed by atoms with Crippen LogP contribution in [0.5, 0.6) is 0 Å². The number of hydrogen-bond donors (Lipinski definition) is 2. The van der Waals surface area contributed by atoms with Crippen molar-refractivity contribution in [3.05, 3.63) is 58.3 Å². The van der Waals surface area contributed by atoms with E-state index in [4.69, 9.17) is 0 Å². The lowest BCUT2D eigenvalue weighted by atomic mass is 10.2. The van der Waals surface area contributed by atoms with Crippen molar-refractivity contribution >= 4 is 38.9 Å². The molecule has 3 aromatic rings. The lowest BCUT2D eigenvalue weighted by Gasteiger charge is -2.06. The Morgan fingerprint density at radius 3 is 2.74 bits per heavy atom. The molecule has 0 aliphatic rings. The number of halogens is 4. The summed E-state index contributed by atoms with van der Waals surface area (Å²) in [7, 11) is 0. The molecule has 0 saturated heterocycles. The molecule has 0 aliphatic heterocycles. The second-order valence-electron chi connectivity index (χ2n) is 4.73. The number of nitrogens with zero attached hydrogens (tertiary/aromatic N) is 2. The van der Waals surface area contributed by atoms with Crippen LogP contribution in [0.25, 0.3) is 10.9 Å². The van der Waals surface area contributed by atoms with E-state index in [1.54, 1.807) is 12.4 Å². The van der Waals surface area contributed by atoms with Crippen molar-refractivity contribution < 1.29 is 13.2 Å². The average Bonchev–Trinajstić information content (AvgIpc) is 2.89. The third kappa shape index (κ3) is 3.53. The van der Waals surface area contributed by atoms with Crippen LogP contribution in [0.1, 0.15) is 11.1 Å². The number of rotatable bonds is 3. The van der Waals surface area contributed by atoms with Crippen LogP contribution in [0.2, 0.25) is 0 Å². The molecule has 0 saturated carbocycles. The quantitative estimate of drug-likeness (QED) is 0.505. The van der Waals surface area contributed by atoms with Crippen LogP contribution < -0.4 is 5.43 Å². The Hall–Kier alpha value is -2.35. The monoisotopic (exact) mass is 382 g/mol. The van der Waals surface area contributed by atoms with Gasteiger partial charge >= 0.3 is 6.18 Å². The topological polar surface area (TPSA) is 53.1 Å². The number of fused-ring (bicyclic) bond motifs is 1. The predicted octanol–water partition coefficient (Wildman–Crippen LogP) is 4.79. The number of aromatic nitrogens is 2. The first kappa shape index (κ1) is 15.5. The van der Waals surface area contributed by atoms with Crippen molar-refractivity contribution in [2.45, 2.75) is 6.18 Å². The molecule has 2 N–H and O–H groups in total. The molecular weight excluding hydrogens is 373 g/mol. The molecule has 4 nitrogen and oxygen atoms in total. The predicted molar refractivity (Wildman–Crippen MR) is 86.5 cm³/mol. The molecule has 1 aromatic carbocycles. The molecule has 0 amide bonds. The Bertz CT molecular complexity index is 853. The van der Waals surface area contributed by atoms with Gasteiger partial charge in [0.15, 0.2) is 0 Å². The second kappa shape index (κ2) is 6.04. The fourth-order valence-corrected chi connectivity index (χ4v) is 2.38. The van der Waals surface area contributed by atoms with Gasteiger partial charge in [0.2, 0.25) is 0 Å². The summed E-state index contributed by atoms with van der Waals surface area (Å²) in [4.78, 5) is 6.79. The van der Waals surface area contributed by atoms with Gasteiger partial charge in [0.05, 0.1) is 11.8 Å². The smallest absolute Gasteiger partial charge is 0.361 e. The maximum absolute atomic E-state index is 12.4. The van der Waals surface area contributed by atoms with Gasteiger partial charge in [-0.3, -0.25) is 5.43 Å². The van der Waals surface area contributed by atoms with Crippen molar-refractivity contribution in [2.75, 3.05) is 5.43 Å². The minimum atomic E-state index is -4.40. The minimum absolute atomic E-state index is 0.232. The standard InChI is InChI=1S/C15H10BrF3N4/c16-11-2-3-13-12(5-11)9(6-20-13)7-22-23-14-4-1-10(8-21-14)15(17,18)19/h1-8,20H,(H,21,23)/b22-7+. The van der Waals surface area contributed by atoms with Crippen molar-refractivity contribution in [3.63, 3.8) is 0 Å². The van der Waals surface area contributed by atoms with Gasteiger partial charge in [-0.15, -0.1) is 0 Å². The van der Waals surface area contributed by atoms with Crippen LogP contribution in [0.15, 0.2) is 52.3 Å². The third-order valence-corrected chi connectivity index (χ3v) is 3.64. The summed E-state index contributed by atoms with van der Waals surface area (Å²) < 4.78 is 38.3. The molecule has 0 radical (unpaired) electrons. The SMILES string of the molecule is FC(F)(F)c1ccc(N/N=C/c2c[nH]c3ccc(Br)cc23)nc1. The van der Waals surface area contributed by atoms with Crippen molar-refractivity contribution in [1.29, 1.82) is 0 Å². The molecule has 8 heteroatoms. The van der Waals surface area contributed by atoms with Gasteiger partial charge in [-0.2, -0.15) is 18.3 Å². The first-order chi connectivity index (χ1) is 10.9. The number of nitrogens with one attached hydrogen (secondary N) is 2. The van der Waals surface area contributed by atoms with Gasteiger partial charge in [-0.25, -0.2) is 4.98 Å². The zero-order valence-corrected chi connectivity index (χ0v) is 13.1. The average molecular weight is 383 g/mol. The van der Waals surface area contributed by atoms with Gasteiger partial charge in [0.1, 0.15) is 5.82 Å². The minimum Gasteiger partial charge on any atom is -0.361 e. The van der Waals surface area contributed by atoms with Crippen molar-refractivity contribution in [1.82, 2.24) is 9.97 Å². The molecule has 0 atom stereocenters. The van der Waals surface area contributed by atoms with Crippen LogP contribution in [-0.4, -0.2) is 16.2 Å². The third-order valence-electron chi connectivity index (χ3n) is 3.15. The first-order valence-corrected chi connectivity index (χ1v) is 7.32. The molecule has 0 aliphatic carbocycles. The van der Waals surface area contributed by atoms with Gasteiger partial charge in [-0.1, -0.05) is 15.9 Å². The number of hydrogen-bond acceptors (Lipinski definition) is 3. The molecule has 0 fully saturated rings. The summed E-state index contributed by atoms with van der Waals surface area (Å²) in [6.07, 6.45) is -0.264. The fraction of sp³-hybridized carbons (Fsp3) is 0.0667. The molecule has 0 spiro atoms. The molecule has 118 valence electrons. The second-order valence-corrected chi connectivity index (χ2v) is 5.65. The number of hydrazone groups is 1. The Labute approximate surface area is 137 Å². The van der Waals surface area contributed by atoms with Crippen LogP contribution in [0.3, 0.4) is 0 Å². The summed E-state index contributed by atoms with van der Waals surface area (Å²) >= 11 is 3.40. The zero-order valence-electron chi connectivity index (χ0n) is 11.5. The number of pyridine rings is 1. The van der Waals surface area contributed by atoms with E-state index in [1.807, 2.05) is 18.2 Å². The molecule has 0 bridgehead atoms. The summed E-state index contributed by atoms with van der Waals surface area (Å²) in [5.41, 5.74) is 3.62. The highest BCUT2D eigenvalue weighted by atomic mass is 79.9. The Morgan fingerprint density at radius 2 is 2.04 bits per heavy atom. The lowest BCUT2D eigenvalue weighted by Crippen LogP contribution is -2.05. The molecule has 2 heterocycles. The Balaban J connectivity index is 1.74. The van der Waals surface area contributed by atoms with E-state index in [0.717, 1.165) is 33.2 Å². The van der Waals surface area contributed by atoms with E-state index in [0.29, 0.717) is 0 Å². The number of H-pyrrole nitrogens is 1. The Kier molecular flexibility index (Phi) is 4.08. The molecule has 2 aromatic heterocycles. The van der Waals surface area contributed by atoms with Crippen LogP contribution in [-0.2, 0) is 6.18 Å². The van der Waals surface area contributed by atoms with Crippen LogP contribution >= 0.6 is 15.9 Å². The van der Waals surface area contributed by atoms with Gasteiger partial charge in [0, 0.05) is 33.3 Å². The highest BCUT2D eigenvalue weighted by Crippen LogP contribution is 2.28. The summed E-state index contributed by atoms with van der Waals surface area (Å²) in [6.45, 7) is 0. The number of anilines is 1. The van der Waals surface area contributed by atoms with E-state index < -0.39 is 11.7 Å². The number of benzene rings is 1. The number of aromatic amines is 1. The molecule has 3 rings (SSSR count). The van der Waals surface area contributed by atoms with Gasteiger partial charge in [-0.05, 0) is 30.3 Å². The summed E-state index contributed by atoms with van der Waals surface area (Å²) in [5.74, 6) is 0.232. The van der Waals surface area contributed by atoms with Crippen LogP contribution in [0.4, 0.5) is 19.0 Å². The molecule has 23 heavy (non-hydrogen) atoms. The van der Waals surface area contributed by atoms with E-state index in [-0.39, 0.29) is 5.82 Å². The number of alkyl halides is 3. The van der Waals surface area contributed by atoms with Gasteiger partial charge < -0.3 is 4.98 Å². The first-order valence-electron chi connectivity index (χ1n) is 6.52. The highest BCUT2D eigenvalue weighted by molar-refractivity contribution is 9.10. The normalized spacial score (nSPS) is 12.2. The van der Waals surface area contributed by atoms with E-state index in [9.17, 15) is 13.2 Å². The van der Waals surface area contributed by atoms with Crippen molar-refractivity contribution in [2.24, 2.45) is 5.10 Å². The van der Waals surface area contributed by atoms with Crippen molar-refractivity contribution in [3.8, 4) is 0 Å². The van der Waals surface area contributed by atoms with Gasteiger partial charge in [0.25, 0.3) is 0 Å². The maximum atomic E-state index is 12.4. The lowest BCUT2D eigenvalue weighted by molar-refractivity contribution is -0.137. The Morgan fingerprint density at radius 1 is 1.22 bits per heavy atom. The molecule has 0 unspecified atom stereocenters. The summed E-state index contributed by atoms with van der Waals surface area (Å²) in [6, 6.07) is 7.98. The largest absolute Gasteiger partial charge is 0.417 e. The van der Waals surface area contributed by atoms with Crippen LogP contribution in [0, 0.1) is 0 Å². The van der Waals surface area contributed by atoms with E-state index >= 15 is 0 Å². The highest BCUT2D eigenvalue weighted by Gasteiger charge is 2.30.